The van der Waals surface area contributed by atoms with Crippen molar-refractivity contribution >= 4 is 27.3 Å². The molecule has 2 N–H and O–H groups in total. The van der Waals surface area contributed by atoms with Crippen LogP contribution in [-0.2, 0) is 15.6 Å². The van der Waals surface area contributed by atoms with Crippen LogP contribution in [-0.4, -0.2) is 41.5 Å². The van der Waals surface area contributed by atoms with Crippen molar-refractivity contribution in [3.63, 3.8) is 0 Å². The lowest BCUT2D eigenvalue weighted by Crippen LogP contribution is -2.50. The van der Waals surface area contributed by atoms with Gasteiger partial charge in [0, 0.05) is 18.1 Å². The lowest BCUT2D eigenvalue weighted by Gasteiger charge is -2.33. The lowest BCUT2D eigenvalue weighted by atomic mass is 10.0. The van der Waals surface area contributed by atoms with Gasteiger partial charge in [0.25, 0.3) is 0 Å². The smallest absolute Gasteiger partial charge is 0.239 e. The van der Waals surface area contributed by atoms with Crippen LogP contribution in [0.4, 0.5) is 4.39 Å². The number of pyridine rings is 1. The summed E-state index contributed by atoms with van der Waals surface area (Å²) in [4.78, 5) is 13.2. The van der Waals surface area contributed by atoms with E-state index in [1.54, 1.807) is 25.3 Å². The zero-order chi connectivity index (χ0) is 20.1. The molecule has 8 nitrogen and oxygen atoms in total. The van der Waals surface area contributed by atoms with Gasteiger partial charge >= 0.3 is 0 Å². The Kier molecular flexibility index (Phi) is 4.23. The van der Waals surface area contributed by atoms with E-state index in [0.717, 1.165) is 15.6 Å². The fourth-order valence-corrected chi connectivity index (χ4v) is 5.66. The van der Waals surface area contributed by atoms with E-state index in [9.17, 15) is 12.8 Å². The Bertz CT molecular complexity index is 1170. The van der Waals surface area contributed by atoms with Crippen LogP contribution < -0.4 is 5.73 Å². The number of rotatable bonds is 3. The summed E-state index contributed by atoms with van der Waals surface area (Å²) in [6.45, 7) is 1.57. The number of halogens is 1. The van der Waals surface area contributed by atoms with E-state index >= 15 is 0 Å². The number of nitrogens with two attached hydrogens (primary N) is 1. The van der Waals surface area contributed by atoms with E-state index in [-0.39, 0.29) is 16.6 Å². The molecule has 0 radical (unpaired) electrons. The normalized spacial score (nSPS) is 21.5. The van der Waals surface area contributed by atoms with Crippen molar-refractivity contribution in [2.45, 2.75) is 12.5 Å². The lowest BCUT2D eigenvalue weighted by molar-refractivity contribution is 0.466. The summed E-state index contributed by atoms with van der Waals surface area (Å²) < 4.78 is 45.7. The predicted molar refractivity (Wildman–Crippen MR) is 104 cm³/mol. The number of hydrogen-bond acceptors (Lipinski definition) is 8. The average molecular weight is 421 g/mol. The van der Waals surface area contributed by atoms with E-state index < -0.39 is 21.4 Å². The maximum Gasteiger partial charge on any atom is 0.239 e. The van der Waals surface area contributed by atoms with Crippen molar-refractivity contribution in [1.29, 1.82) is 0 Å². The van der Waals surface area contributed by atoms with E-state index in [0.29, 0.717) is 21.9 Å². The number of sulfonamides is 1. The zero-order valence-corrected chi connectivity index (χ0v) is 16.6. The molecule has 0 bridgehead atoms. The minimum Gasteiger partial charge on any atom is -0.442 e. The highest BCUT2D eigenvalue weighted by Crippen LogP contribution is 2.41. The van der Waals surface area contributed by atoms with E-state index in [1.165, 1.54) is 25.7 Å². The molecular weight excluding hydrogens is 405 g/mol. The molecule has 0 spiro atoms. The Morgan fingerprint density at radius 2 is 2.18 bits per heavy atom. The average Bonchev–Trinajstić information content (AvgIpc) is 3.29. The Hall–Kier alpha value is -2.79. The number of thiophene rings is 1. The van der Waals surface area contributed by atoms with E-state index in [4.69, 9.17) is 10.2 Å². The van der Waals surface area contributed by atoms with E-state index in [2.05, 4.69) is 15.0 Å². The first-order valence-electron chi connectivity index (χ1n) is 8.17. The van der Waals surface area contributed by atoms with Crippen LogP contribution in [0.5, 0.6) is 0 Å². The summed E-state index contributed by atoms with van der Waals surface area (Å²) in [6, 6.07) is 4.85. The molecule has 3 aromatic heterocycles. The molecule has 0 saturated carbocycles. The van der Waals surface area contributed by atoms with Crippen LogP contribution in [0.25, 0.3) is 21.9 Å². The Morgan fingerprint density at radius 3 is 2.86 bits per heavy atom. The van der Waals surface area contributed by atoms with Crippen molar-refractivity contribution in [2.75, 3.05) is 12.8 Å². The number of nitrogens with zero attached hydrogens (tertiary/aromatic N) is 4. The Balaban J connectivity index is 1.77. The molecule has 4 heterocycles. The first-order chi connectivity index (χ1) is 13.2. The highest BCUT2D eigenvalue weighted by atomic mass is 32.2. The molecule has 1 aliphatic heterocycles. The van der Waals surface area contributed by atoms with Gasteiger partial charge in [-0.25, -0.2) is 27.1 Å². The minimum atomic E-state index is -3.69. The third-order valence-electron chi connectivity index (χ3n) is 4.47. The van der Waals surface area contributed by atoms with Crippen molar-refractivity contribution in [3.8, 4) is 21.9 Å². The van der Waals surface area contributed by atoms with Gasteiger partial charge in [-0.15, -0.1) is 11.3 Å². The number of guanidine groups is 1. The van der Waals surface area contributed by atoms with Crippen LogP contribution in [0.1, 0.15) is 11.8 Å². The highest BCUT2D eigenvalue weighted by molar-refractivity contribution is 7.89. The van der Waals surface area contributed by atoms with Crippen LogP contribution in [0, 0.1) is 5.82 Å². The number of oxazole rings is 1. The van der Waals surface area contributed by atoms with Gasteiger partial charge in [-0.1, -0.05) is 0 Å². The molecule has 0 amide bonds. The summed E-state index contributed by atoms with van der Waals surface area (Å²) in [6.07, 6.45) is 4.42. The second-order valence-corrected chi connectivity index (χ2v) is 9.60. The molecule has 28 heavy (non-hydrogen) atoms. The molecule has 146 valence electrons. The molecule has 0 fully saturated rings. The molecule has 0 aliphatic carbocycles. The third kappa shape index (κ3) is 3.06. The summed E-state index contributed by atoms with van der Waals surface area (Å²) >= 11 is 1.13. The van der Waals surface area contributed by atoms with Crippen LogP contribution in [0.15, 0.2) is 46.4 Å². The van der Waals surface area contributed by atoms with Gasteiger partial charge < -0.3 is 10.2 Å². The van der Waals surface area contributed by atoms with Gasteiger partial charge in [-0.05, 0) is 30.7 Å². The molecule has 0 aromatic carbocycles. The first kappa shape index (κ1) is 18.6. The topological polar surface area (TPSA) is 115 Å². The number of hydrogen-bond donors (Lipinski definition) is 1. The number of aromatic nitrogens is 2. The predicted octanol–water partition coefficient (Wildman–Crippen LogP) is 2.41. The van der Waals surface area contributed by atoms with Crippen LogP contribution in [0.3, 0.4) is 0 Å². The van der Waals surface area contributed by atoms with Crippen molar-refractivity contribution in [1.82, 2.24) is 14.3 Å². The monoisotopic (exact) mass is 421 g/mol. The van der Waals surface area contributed by atoms with Crippen molar-refractivity contribution in [3.05, 3.63) is 47.7 Å². The summed E-state index contributed by atoms with van der Waals surface area (Å²) in [5, 5.41) is 0. The summed E-state index contributed by atoms with van der Waals surface area (Å²) in [5.41, 5.74) is 5.73. The van der Waals surface area contributed by atoms with Gasteiger partial charge in [0.2, 0.25) is 16.0 Å². The SMILES string of the molecule is CN1C(N)=NC(C)(c2sc(-c3ccnc(-c4cnco4)c3)cc2F)CS1(=O)=O. The van der Waals surface area contributed by atoms with Gasteiger partial charge in [0.15, 0.2) is 12.2 Å². The first-order valence-corrected chi connectivity index (χ1v) is 10.6. The maximum atomic E-state index is 14.8. The second kappa shape index (κ2) is 6.38. The second-order valence-electron chi connectivity index (χ2n) is 6.55. The van der Waals surface area contributed by atoms with Gasteiger partial charge in [-0.3, -0.25) is 4.98 Å². The standard InChI is InChI=1S/C17H16FN5O3S2/c1-17(8-28(24,25)23(2)16(19)22-17)15-11(18)6-14(27-15)10-3-4-21-12(5-10)13-7-20-9-26-13/h3-7,9H,8H2,1-2H3,(H2,19,22). The maximum absolute atomic E-state index is 14.8. The quantitative estimate of drug-likeness (QED) is 0.694. The molecule has 3 aromatic rings. The van der Waals surface area contributed by atoms with Crippen LogP contribution >= 0.6 is 11.3 Å². The fourth-order valence-electron chi connectivity index (χ4n) is 3.01. The molecule has 1 unspecified atom stereocenters. The molecule has 1 aliphatic rings. The summed E-state index contributed by atoms with van der Waals surface area (Å²) in [7, 11) is -2.36. The van der Waals surface area contributed by atoms with E-state index in [1.807, 2.05) is 0 Å². The van der Waals surface area contributed by atoms with Crippen molar-refractivity contribution in [2.24, 2.45) is 10.7 Å². The Morgan fingerprint density at radius 1 is 1.39 bits per heavy atom. The van der Waals surface area contributed by atoms with Gasteiger partial charge in [0.05, 0.1) is 16.8 Å². The molecule has 1 atom stereocenters. The molecule has 0 saturated heterocycles. The van der Waals surface area contributed by atoms with Gasteiger partial charge in [-0.2, -0.15) is 0 Å². The van der Waals surface area contributed by atoms with Gasteiger partial charge in [0.1, 0.15) is 17.1 Å². The largest absolute Gasteiger partial charge is 0.442 e. The molecule has 4 rings (SSSR count). The van der Waals surface area contributed by atoms with Crippen LogP contribution in [0.2, 0.25) is 0 Å². The third-order valence-corrected chi connectivity index (χ3v) is 7.83. The molecule has 11 heteroatoms. The summed E-state index contributed by atoms with van der Waals surface area (Å²) in [5.74, 6) is -0.574. The molecular formula is C17H16FN5O3S2. The fraction of sp³-hybridized carbons (Fsp3) is 0.235. The van der Waals surface area contributed by atoms with Crippen molar-refractivity contribution < 1.29 is 17.2 Å². The highest BCUT2D eigenvalue weighted by Gasteiger charge is 2.42. The Labute approximate surface area is 164 Å². The number of aliphatic imine (C=N–C) groups is 1. The minimum absolute atomic E-state index is 0.167. The zero-order valence-electron chi connectivity index (χ0n) is 15.0.